The first-order valence-electron chi connectivity index (χ1n) is 4.28. The fourth-order valence-electron chi connectivity index (χ4n) is 2.02. The normalized spacial score (nSPS) is 28.8. The van der Waals surface area contributed by atoms with Crippen molar-refractivity contribution in [3.05, 3.63) is 0 Å². The van der Waals surface area contributed by atoms with E-state index in [9.17, 15) is 0 Å². The lowest BCUT2D eigenvalue weighted by atomic mass is 9.70. The van der Waals surface area contributed by atoms with Crippen molar-refractivity contribution in [1.82, 2.24) is 4.58 Å². The lowest BCUT2D eigenvalue weighted by Crippen LogP contribution is -2.44. The van der Waals surface area contributed by atoms with Gasteiger partial charge in [0, 0.05) is 22.6 Å². The van der Waals surface area contributed by atoms with Gasteiger partial charge in [0.05, 0.1) is 0 Å². The van der Waals surface area contributed by atoms with Crippen LogP contribution in [0.3, 0.4) is 0 Å². The monoisotopic (exact) mass is 191 g/mol. The summed E-state index contributed by atoms with van der Waals surface area (Å²) >= 11 is 5.89. The van der Waals surface area contributed by atoms with Crippen LogP contribution in [0.2, 0.25) is 0 Å². The van der Waals surface area contributed by atoms with Crippen molar-refractivity contribution in [2.75, 3.05) is 0 Å². The van der Waals surface area contributed by atoms with Crippen LogP contribution in [0.4, 0.5) is 0 Å². The van der Waals surface area contributed by atoms with Gasteiger partial charge in [0.25, 0.3) is 0 Å². The van der Waals surface area contributed by atoms with E-state index < -0.39 is 0 Å². The van der Waals surface area contributed by atoms with Crippen LogP contribution in [-0.2, 0) is 4.84 Å². The van der Waals surface area contributed by atoms with Gasteiger partial charge in [-0.05, 0) is 0 Å². The quantitative estimate of drug-likeness (QED) is 0.432. The molecule has 0 spiro atoms. The molecule has 0 aromatic rings. The van der Waals surface area contributed by atoms with Crippen LogP contribution < -0.4 is 0 Å². The number of hydrogen-bond acceptors (Lipinski definition) is 2. The molecule has 1 aliphatic rings. The number of halogens is 1. The summed E-state index contributed by atoms with van der Waals surface area (Å²) < 4.78 is 1.45. The molecule has 1 aliphatic heterocycles. The molecule has 1 fully saturated rings. The molecule has 3 heteroatoms. The number of rotatable bonds is 0. The summed E-state index contributed by atoms with van der Waals surface area (Å²) in [5.74, 6) is 0. The highest BCUT2D eigenvalue weighted by Crippen LogP contribution is 2.59. The third-order valence-corrected chi connectivity index (χ3v) is 2.77. The Balaban J connectivity index is 2.96. The summed E-state index contributed by atoms with van der Waals surface area (Å²) in [4.78, 5) is 5.43. The first-order chi connectivity index (χ1) is 5.13. The molecule has 0 bridgehead atoms. The molecule has 0 N–H and O–H groups in total. The van der Waals surface area contributed by atoms with Crippen molar-refractivity contribution in [3.8, 4) is 0 Å². The maximum Gasteiger partial charge on any atom is 0.192 e. The van der Waals surface area contributed by atoms with E-state index in [0.29, 0.717) is 0 Å². The number of hydrogen-bond donors (Lipinski definition) is 0. The highest BCUT2D eigenvalue weighted by molar-refractivity contribution is 6.14. The second-order valence-corrected chi connectivity index (χ2v) is 5.79. The fourth-order valence-corrected chi connectivity index (χ4v) is 2.63. The lowest BCUT2D eigenvalue weighted by Gasteiger charge is -2.36. The van der Waals surface area contributed by atoms with Gasteiger partial charge in [0.2, 0.25) is 0 Å². The third kappa shape index (κ3) is 1.17. The first-order valence-corrected chi connectivity index (χ1v) is 4.62. The van der Waals surface area contributed by atoms with Gasteiger partial charge >= 0.3 is 0 Å². The van der Waals surface area contributed by atoms with Crippen LogP contribution in [-0.4, -0.2) is 10.3 Å². The van der Waals surface area contributed by atoms with Gasteiger partial charge in [-0.2, -0.15) is 0 Å². The first kappa shape index (κ1) is 10.3. The highest BCUT2D eigenvalue weighted by atomic mass is 35.5. The molecule has 1 unspecified atom stereocenters. The average Bonchev–Trinajstić information content (AvgIpc) is 2.36. The molecule has 0 aliphatic carbocycles. The Morgan fingerprint density at radius 2 is 1.25 bits per heavy atom. The van der Waals surface area contributed by atoms with E-state index in [2.05, 4.69) is 41.5 Å². The molecule has 2 nitrogen and oxygen atoms in total. The van der Waals surface area contributed by atoms with Crippen LogP contribution in [0.1, 0.15) is 41.5 Å². The third-order valence-electron chi connectivity index (χ3n) is 2.46. The van der Waals surface area contributed by atoms with Gasteiger partial charge < -0.3 is 0 Å². The maximum atomic E-state index is 5.89. The molecule has 1 saturated heterocycles. The second kappa shape index (κ2) is 2.37. The minimum atomic E-state index is -0.318. The molecule has 1 heterocycles. The average molecular weight is 192 g/mol. The molecule has 1 rings (SSSR count). The van der Waals surface area contributed by atoms with E-state index >= 15 is 0 Å². The summed E-state index contributed by atoms with van der Waals surface area (Å²) in [6.45, 7) is 12.8. The minimum Gasteiger partial charge on any atom is -0.253 e. The topological polar surface area (TPSA) is 15.5 Å². The Hall–Kier alpha value is 0.210. The molecular weight excluding hydrogens is 174 g/mol. The molecule has 0 radical (unpaired) electrons. The zero-order valence-electron chi connectivity index (χ0n) is 8.73. The van der Waals surface area contributed by atoms with E-state index in [1.54, 1.807) is 0 Å². The van der Waals surface area contributed by atoms with Crippen LogP contribution in [0.15, 0.2) is 0 Å². The molecule has 0 aromatic carbocycles. The molecule has 12 heavy (non-hydrogen) atoms. The summed E-state index contributed by atoms with van der Waals surface area (Å²) in [5.41, 5.74) is -0.248. The molecule has 0 saturated carbocycles. The number of hydroxylamine groups is 1. The summed E-state index contributed by atoms with van der Waals surface area (Å²) in [6.07, 6.45) is 0. The lowest BCUT2D eigenvalue weighted by molar-refractivity contribution is 0.0485. The highest BCUT2D eigenvalue weighted by Gasteiger charge is 2.69. The zero-order chi connectivity index (χ0) is 9.78. The summed E-state index contributed by atoms with van der Waals surface area (Å²) in [5, 5.41) is 0. The van der Waals surface area contributed by atoms with Crippen LogP contribution >= 0.6 is 11.8 Å². The van der Waals surface area contributed by atoms with Crippen molar-refractivity contribution in [2.45, 2.75) is 47.3 Å². The van der Waals surface area contributed by atoms with Crippen molar-refractivity contribution in [1.29, 1.82) is 0 Å². The zero-order valence-corrected chi connectivity index (χ0v) is 9.49. The standard InChI is InChI=1S/C9H18ClNO/c1-7(2,3)9(8(4,5)6)11(10)12-9/h1-6H3. The summed E-state index contributed by atoms with van der Waals surface area (Å²) in [7, 11) is 0. The second-order valence-electron chi connectivity index (χ2n) is 5.48. The Bertz CT molecular complexity index is 176. The van der Waals surface area contributed by atoms with E-state index in [-0.39, 0.29) is 16.6 Å². The van der Waals surface area contributed by atoms with E-state index in [1.165, 1.54) is 4.58 Å². The van der Waals surface area contributed by atoms with Crippen molar-refractivity contribution < 1.29 is 4.84 Å². The fraction of sp³-hybridized carbons (Fsp3) is 1.00. The Morgan fingerprint density at radius 1 is 1.00 bits per heavy atom. The van der Waals surface area contributed by atoms with E-state index in [1.807, 2.05) is 0 Å². The number of nitrogens with zero attached hydrogens (tertiary/aromatic N) is 1. The molecule has 0 amide bonds. The predicted molar refractivity (Wildman–Crippen MR) is 50.4 cm³/mol. The van der Waals surface area contributed by atoms with Crippen molar-refractivity contribution >= 4 is 11.8 Å². The van der Waals surface area contributed by atoms with Crippen molar-refractivity contribution in [3.63, 3.8) is 0 Å². The predicted octanol–water partition coefficient (Wildman–Crippen LogP) is 3.18. The van der Waals surface area contributed by atoms with E-state index in [0.717, 1.165) is 0 Å². The van der Waals surface area contributed by atoms with Crippen LogP contribution in [0.5, 0.6) is 0 Å². The van der Waals surface area contributed by atoms with Gasteiger partial charge in [-0.15, -0.1) is 0 Å². The smallest absolute Gasteiger partial charge is 0.192 e. The Labute approximate surface area is 79.9 Å². The van der Waals surface area contributed by atoms with Gasteiger partial charge in [-0.1, -0.05) is 46.1 Å². The van der Waals surface area contributed by atoms with Gasteiger partial charge in [-0.3, -0.25) is 4.84 Å². The summed E-state index contributed by atoms with van der Waals surface area (Å²) in [6, 6.07) is 0. The van der Waals surface area contributed by atoms with Gasteiger partial charge in [-0.25, -0.2) is 0 Å². The SMILES string of the molecule is CC(C)(C)C1(C(C)(C)C)ON1Cl. The van der Waals surface area contributed by atoms with Gasteiger partial charge in [0.15, 0.2) is 5.72 Å². The van der Waals surface area contributed by atoms with Gasteiger partial charge in [0.1, 0.15) is 0 Å². The molecule has 1 atom stereocenters. The minimum absolute atomic E-state index is 0.0347. The Kier molecular flexibility index (Phi) is 2.03. The maximum absolute atomic E-state index is 5.89. The Morgan fingerprint density at radius 3 is 1.25 bits per heavy atom. The van der Waals surface area contributed by atoms with Crippen LogP contribution in [0, 0.1) is 10.8 Å². The van der Waals surface area contributed by atoms with Crippen LogP contribution in [0.25, 0.3) is 0 Å². The van der Waals surface area contributed by atoms with Crippen molar-refractivity contribution in [2.24, 2.45) is 10.8 Å². The molecular formula is C9H18ClNO. The molecule has 0 aromatic heterocycles. The largest absolute Gasteiger partial charge is 0.253 e. The van der Waals surface area contributed by atoms with E-state index in [4.69, 9.17) is 16.6 Å². The molecule has 72 valence electrons.